The van der Waals surface area contributed by atoms with Crippen LogP contribution in [0.25, 0.3) is 10.9 Å². The van der Waals surface area contributed by atoms with E-state index in [2.05, 4.69) is 22.0 Å². The van der Waals surface area contributed by atoms with Crippen molar-refractivity contribution in [1.29, 1.82) is 0 Å². The van der Waals surface area contributed by atoms with Gasteiger partial charge >= 0.3 is 12.4 Å². The van der Waals surface area contributed by atoms with Crippen molar-refractivity contribution in [3.8, 4) is 0 Å². The van der Waals surface area contributed by atoms with Crippen molar-refractivity contribution < 1.29 is 49.6 Å². The number of hydrogen-bond acceptors (Lipinski definition) is 5. The summed E-state index contributed by atoms with van der Waals surface area (Å²) in [5, 5.41) is 9.89. The number of rotatable bonds is 4. The van der Waals surface area contributed by atoms with E-state index in [4.69, 9.17) is 9.90 Å². The number of anilines is 1. The standard InChI is InChI=1S/C24H25F3N2O2S.C2HF3O2/c1-23(2,32(30,31)19-7-3-6-18(16-19)24(25,26)27)17-11-14-29(15-12-17)22-10-4-9-21-20(22)8-5-13-28-21;3-2(4,5)1(6)7/h3-10,13,16-17H,11-12,14-15H2,1-2H3;(H,6,7). The molecule has 0 amide bonds. The van der Waals surface area contributed by atoms with E-state index < -0.39 is 38.5 Å². The van der Waals surface area contributed by atoms with E-state index in [-0.39, 0.29) is 10.8 Å². The topological polar surface area (TPSA) is 91.7 Å². The molecule has 0 atom stereocenters. The zero-order valence-corrected chi connectivity index (χ0v) is 21.8. The molecule has 0 saturated carbocycles. The first-order valence-corrected chi connectivity index (χ1v) is 13.3. The number of carboxylic acids is 1. The lowest BCUT2D eigenvalue weighted by atomic mass is 9.85. The van der Waals surface area contributed by atoms with E-state index in [0.29, 0.717) is 25.9 Å². The van der Waals surface area contributed by atoms with E-state index in [1.165, 1.54) is 6.07 Å². The lowest BCUT2D eigenvalue weighted by molar-refractivity contribution is -0.344. The molecule has 1 saturated heterocycles. The molecule has 2 heterocycles. The highest BCUT2D eigenvalue weighted by molar-refractivity contribution is 7.92. The number of halogens is 6. The van der Waals surface area contributed by atoms with E-state index >= 15 is 0 Å². The van der Waals surface area contributed by atoms with Gasteiger partial charge < -0.3 is 14.8 Å². The van der Waals surface area contributed by atoms with Crippen molar-refractivity contribution in [2.45, 2.75) is 48.7 Å². The number of pyridine rings is 1. The van der Waals surface area contributed by atoms with Gasteiger partial charge in [0.2, 0.25) is 5.52 Å². The van der Waals surface area contributed by atoms with Crippen LogP contribution in [0.15, 0.2) is 65.7 Å². The van der Waals surface area contributed by atoms with Crippen LogP contribution in [0.4, 0.5) is 32.0 Å². The Hall–Kier alpha value is -3.35. The fourth-order valence-corrected chi connectivity index (χ4v) is 6.41. The highest BCUT2D eigenvalue weighted by atomic mass is 32.2. The number of piperidine rings is 1. The normalized spacial score (nSPS) is 15.5. The number of carbonyl (C=O) groups excluding carboxylic acids is 1. The highest BCUT2D eigenvalue weighted by Crippen LogP contribution is 2.40. The van der Waals surface area contributed by atoms with Crippen LogP contribution in [0.2, 0.25) is 0 Å². The average molecular weight is 577 g/mol. The zero-order chi connectivity index (χ0) is 29.2. The summed E-state index contributed by atoms with van der Waals surface area (Å²) in [7, 11) is -3.96. The number of sulfone groups is 1. The molecular weight excluding hydrogens is 550 g/mol. The molecule has 0 unspecified atom stereocenters. The summed E-state index contributed by atoms with van der Waals surface area (Å²) < 4.78 is 96.5. The second kappa shape index (κ2) is 11.0. The molecule has 1 N–H and O–H groups in total. The molecule has 0 radical (unpaired) electrons. The monoisotopic (exact) mass is 576 g/mol. The van der Waals surface area contributed by atoms with Crippen LogP contribution in [0.3, 0.4) is 0 Å². The van der Waals surface area contributed by atoms with Gasteiger partial charge in [0.1, 0.15) is 5.97 Å². The van der Waals surface area contributed by atoms with Crippen LogP contribution in [0, 0.1) is 5.92 Å². The summed E-state index contributed by atoms with van der Waals surface area (Å²) in [5.74, 6) is -3.17. The quantitative estimate of drug-likeness (QED) is 0.429. The molecule has 3 aromatic rings. The highest BCUT2D eigenvalue weighted by Gasteiger charge is 2.44. The molecule has 13 heteroatoms. The molecule has 6 nitrogen and oxygen atoms in total. The summed E-state index contributed by atoms with van der Waals surface area (Å²) in [6.07, 6.45) is -6.63. The molecular formula is C26H26F6N2O4S. The van der Waals surface area contributed by atoms with Gasteiger partial charge in [-0.05, 0) is 62.9 Å². The molecule has 1 aromatic heterocycles. The van der Waals surface area contributed by atoms with E-state index in [9.17, 15) is 34.8 Å². The van der Waals surface area contributed by atoms with Crippen LogP contribution in [-0.4, -0.2) is 38.4 Å². The Morgan fingerprint density at radius 1 is 0.949 bits per heavy atom. The summed E-state index contributed by atoms with van der Waals surface area (Å²) in [4.78, 5) is 14.0. The minimum absolute atomic E-state index is 0.167. The first-order chi connectivity index (χ1) is 18.0. The molecule has 1 aliphatic rings. The van der Waals surface area contributed by atoms with Gasteiger partial charge in [0.05, 0.1) is 26.3 Å². The molecule has 2 aromatic carbocycles. The van der Waals surface area contributed by atoms with Gasteiger partial charge in [-0.15, -0.1) is 0 Å². The number of aromatic nitrogens is 1. The van der Waals surface area contributed by atoms with Crippen molar-refractivity contribution in [2.24, 2.45) is 5.92 Å². The van der Waals surface area contributed by atoms with Crippen LogP contribution in [0.5, 0.6) is 0 Å². The van der Waals surface area contributed by atoms with Crippen LogP contribution < -0.4 is 15.0 Å². The van der Waals surface area contributed by atoms with Crippen molar-refractivity contribution in [3.05, 3.63) is 66.4 Å². The third kappa shape index (κ3) is 6.63. The maximum Gasteiger partial charge on any atom is 0.430 e. The van der Waals surface area contributed by atoms with Crippen molar-refractivity contribution in [3.63, 3.8) is 0 Å². The lowest BCUT2D eigenvalue weighted by Gasteiger charge is -2.41. The van der Waals surface area contributed by atoms with Gasteiger partial charge in [-0.2, -0.15) is 26.3 Å². The molecule has 1 aliphatic heterocycles. The smallest absolute Gasteiger partial charge is 0.430 e. The van der Waals surface area contributed by atoms with Gasteiger partial charge in [-0.1, -0.05) is 12.1 Å². The number of nitrogens with one attached hydrogen (secondary N) is 1. The molecule has 0 bridgehead atoms. The van der Waals surface area contributed by atoms with Crippen LogP contribution in [-0.2, 0) is 20.8 Å². The van der Waals surface area contributed by atoms with Crippen molar-refractivity contribution >= 4 is 32.4 Å². The number of carbonyl (C=O) groups is 1. The van der Waals surface area contributed by atoms with Gasteiger partial charge in [0, 0.05) is 25.2 Å². The second-order valence-electron chi connectivity index (χ2n) is 9.59. The minimum Gasteiger partial charge on any atom is -0.542 e. The third-order valence-electron chi connectivity index (χ3n) is 6.90. The van der Waals surface area contributed by atoms with E-state index in [1.807, 2.05) is 24.4 Å². The number of carboxylic acid groups (broad SMARTS) is 1. The molecule has 212 valence electrons. The number of alkyl halides is 6. The SMILES string of the molecule is CC(C)(C1CCN(c2cccc3[nH+]cccc23)CC1)S(=O)(=O)c1cccc(C(F)(F)F)c1.O=C([O-])C(F)(F)F. The second-order valence-corrected chi connectivity index (χ2v) is 12.1. The first kappa shape index (κ1) is 30.2. The van der Waals surface area contributed by atoms with Gasteiger partial charge in [-0.25, -0.2) is 13.4 Å². The number of hydrogen-bond donors (Lipinski definition) is 0. The minimum atomic E-state index is -5.19. The number of nitrogens with zero attached hydrogens (tertiary/aromatic N) is 1. The Morgan fingerprint density at radius 2 is 1.54 bits per heavy atom. The number of aromatic amines is 1. The number of benzene rings is 2. The maximum absolute atomic E-state index is 13.4. The van der Waals surface area contributed by atoms with E-state index in [1.54, 1.807) is 13.8 Å². The number of aliphatic carboxylic acids is 1. The Balaban J connectivity index is 0.000000532. The van der Waals surface area contributed by atoms with Crippen molar-refractivity contribution in [2.75, 3.05) is 18.0 Å². The molecule has 4 rings (SSSR count). The average Bonchev–Trinajstić information content (AvgIpc) is 2.87. The predicted molar refractivity (Wildman–Crippen MR) is 129 cm³/mol. The number of fused-ring (bicyclic) bond motifs is 1. The summed E-state index contributed by atoms with van der Waals surface area (Å²) in [6, 6.07) is 14.1. The van der Waals surface area contributed by atoms with Crippen molar-refractivity contribution in [1.82, 2.24) is 0 Å². The van der Waals surface area contributed by atoms with Gasteiger partial charge in [-0.3, -0.25) is 0 Å². The molecule has 0 spiro atoms. The Bertz CT molecular complexity index is 1420. The molecule has 39 heavy (non-hydrogen) atoms. The largest absolute Gasteiger partial charge is 0.542 e. The fourth-order valence-electron chi connectivity index (χ4n) is 4.59. The third-order valence-corrected chi connectivity index (χ3v) is 9.49. The van der Waals surface area contributed by atoms with Gasteiger partial charge in [0.15, 0.2) is 16.0 Å². The Morgan fingerprint density at radius 3 is 2.10 bits per heavy atom. The van der Waals surface area contributed by atoms with Crippen LogP contribution in [0.1, 0.15) is 32.3 Å². The summed E-state index contributed by atoms with van der Waals surface area (Å²) in [6.45, 7) is 4.63. The summed E-state index contributed by atoms with van der Waals surface area (Å²) in [5.41, 5.74) is 1.17. The lowest BCUT2D eigenvalue weighted by Crippen LogP contribution is -2.46. The Labute approximate surface area is 221 Å². The summed E-state index contributed by atoms with van der Waals surface area (Å²) >= 11 is 0. The molecule has 1 fully saturated rings. The maximum atomic E-state index is 13.4. The number of H-pyrrole nitrogens is 1. The van der Waals surface area contributed by atoms with Gasteiger partial charge in [0.25, 0.3) is 0 Å². The zero-order valence-electron chi connectivity index (χ0n) is 20.9. The van der Waals surface area contributed by atoms with Crippen LogP contribution >= 0.6 is 0 Å². The predicted octanol–water partition coefficient (Wildman–Crippen LogP) is 4.44. The molecule has 0 aliphatic carbocycles. The first-order valence-electron chi connectivity index (χ1n) is 11.8. The van der Waals surface area contributed by atoms with E-state index in [0.717, 1.165) is 34.8 Å². The fraction of sp³-hybridized carbons (Fsp3) is 0.385. The Kier molecular flexibility index (Phi) is 8.54.